The fourth-order valence-corrected chi connectivity index (χ4v) is 0. The molecule has 0 aliphatic carbocycles. The van der Waals surface area contributed by atoms with Crippen LogP contribution in [0.5, 0.6) is 0 Å². The zero-order chi connectivity index (χ0) is 3.41. The minimum absolute atomic E-state index is 1.64. The molecule has 0 heterocycles. The van der Waals surface area contributed by atoms with Crippen LogP contribution >= 0.6 is 0 Å². The standard InChI is InChI=1S/C2H4B2/c3-1-2-4/h1-4H. The molecule has 0 spiro atoms. The Kier molecular flexibility index (Phi) is 2.78. The SMILES string of the molecule is B=CC=B. The fourth-order valence-electron chi connectivity index (χ4n) is 0. The molecule has 4 heavy (non-hydrogen) atoms. The summed E-state index contributed by atoms with van der Waals surface area (Å²) in [5, 5.41) is 0. The van der Waals surface area contributed by atoms with E-state index in [1.165, 1.54) is 0 Å². The summed E-state index contributed by atoms with van der Waals surface area (Å²) < 4.78 is 0. The summed E-state index contributed by atoms with van der Waals surface area (Å²) in [4.78, 5) is 0. The fraction of sp³-hybridized carbons (Fsp3) is 0. The number of hydrogen-bond donors (Lipinski definition) is 0. The van der Waals surface area contributed by atoms with Gasteiger partial charge in [-0.3, -0.25) is 0 Å². The van der Waals surface area contributed by atoms with Gasteiger partial charge in [-0.1, -0.05) is 0 Å². The van der Waals surface area contributed by atoms with Gasteiger partial charge in [-0.15, -0.1) is 0 Å². The first-order valence-electron chi connectivity index (χ1n) is 1.15. The Hall–Kier alpha value is -0.130. The van der Waals surface area contributed by atoms with Crippen LogP contribution in [-0.2, 0) is 0 Å². The maximum atomic E-state index is 3.36. The molecule has 0 nitrogen and oxygen atoms in total. The third-order valence-corrected chi connectivity index (χ3v) is 0.167. The molecule has 0 amide bonds. The molecule has 2 heteroatoms. The zero-order valence-corrected chi connectivity index (χ0v) is 2.57. The van der Waals surface area contributed by atoms with E-state index in [1.54, 1.807) is 11.9 Å². The van der Waals surface area contributed by atoms with Gasteiger partial charge < -0.3 is 0 Å². The van der Waals surface area contributed by atoms with E-state index in [0.29, 0.717) is 0 Å². The summed E-state index contributed by atoms with van der Waals surface area (Å²) in [7, 11) is 6.72. The molecule has 0 unspecified atom stereocenters. The van der Waals surface area contributed by atoms with Gasteiger partial charge in [-0.2, -0.15) is 0 Å². The van der Waals surface area contributed by atoms with Crippen molar-refractivity contribution in [3.63, 3.8) is 0 Å². The van der Waals surface area contributed by atoms with E-state index < -0.39 is 0 Å². The predicted octanol–water partition coefficient (Wildman–Crippen LogP) is -1.61. The number of hydrogen-bond acceptors (Lipinski definition) is 0. The van der Waals surface area contributed by atoms with Crippen LogP contribution in [0.25, 0.3) is 0 Å². The van der Waals surface area contributed by atoms with Crippen molar-refractivity contribution < 1.29 is 0 Å². The molecule has 0 saturated carbocycles. The van der Waals surface area contributed by atoms with Crippen LogP contribution in [0, 0.1) is 0 Å². The topological polar surface area (TPSA) is 0 Å². The van der Waals surface area contributed by atoms with Crippen LogP contribution in [0.3, 0.4) is 0 Å². The second kappa shape index (κ2) is 2.87. The van der Waals surface area contributed by atoms with E-state index in [-0.39, 0.29) is 0 Å². The molecule has 0 fully saturated rings. The molecular formula is C2H4B2. The van der Waals surface area contributed by atoms with Crippen LogP contribution < -0.4 is 0 Å². The molecular weight excluding hydrogens is 45.6 g/mol. The Labute approximate surface area is 28.0 Å². The Morgan fingerprint density at radius 1 is 1.00 bits per heavy atom. The average molecular weight is 49.7 g/mol. The minimum atomic E-state index is 1.64. The van der Waals surface area contributed by atoms with Crippen molar-refractivity contribution in [2.24, 2.45) is 0 Å². The van der Waals surface area contributed by atoms with Gasteiger partial charge in [0.25, 0.3) is 0 Å². The second-order valence-electron chi connectivity index (χ2n) is 0.471. The van der Waals surface area contributed by atoms with Crippen LogP contribution in [0.15, 0.2) is 0 Å². The molecule has 0 aliphatic rings. The van der Waals surface area contributed by atoms with E-state index in [1.807, 2.05) is 0 Å². The van der Waals surface area contributed by atoms with Gasteiger partial charge in [0.15, 0.2) is 0 Å². The molecule has 0 aromatic heterocycles. The Balaban J connectivity index is 2.73. The van der Waals surface area contributed by atoms with Crippen molar-refractivity contribution in [1.82, 2.24) is 0 Å². The first kappa shape index (κ1) is 3.87. The van der Waals surface area contributed by atoms with Crippen molar-refractivity contribution in [2.75, 3.05) is 0 Å². The third kappa shape index (κ3) is 1.87. The van der Waals surface area contributed by atoms with Crippen LogP contribution in [0.1, 0.15) is 0 Å². The summed E-state index contributed by atoms with van der Waals surface area (Å²) in [5.41, 5.74) is 0. The predicted molar refractivity (Wildman–Crippen MR) is 26.4 cm³/mol. The van der Waals surface area contributed by atoms with Gasteiger partial charge >= 0.3 is 26.9 Å². The van der Waals surface area contributed by atoms with Crippen LogP contribution in [0.2, 0.25) is 0 Å². The van der Waals surface area contributed by atoms with Crippen molar-refractivity contribution in [3.8, 4) is 0 Å². The van der Waals surface area contributed by atoms with Gasteiger partial charge in [-0.25, -0.2) is 0 Å². The molecule has 0 saturated heterocycles. The Morgan fingerprint density at radius 3 is 1.25 bits per heavy atom. The van der Waals surface area contributed by atoms with E-state index in [4.69, 9.17) is 0 Å². The summed E-state index contributed by atoms with van der Waals surface area (Å²) in [6.45, 7) is 0. The Bertz CT molecular complexity index is 25.0. The molecule has 0 radical (unpaired) electrons. The zero-order valence-electron chi connectivity index (χ0n) is 2.57. The average Bonchev–Trinajstić information content (AvgIpc) is 1.37. The summed E-state index contributed by atoms with van der Waals surface area (Å²) in [6, 6.07) is 0. The van der Waals surface area contributed by atoms with Gasteiger partial charge in [0, 0.05) is 0 Å². The van der Waals surface area contributed by atoms with E-state index >= 15 is 0 Å². The van der Waals surface area contributed by atoms with E-state index in [0.717, 1.165) is 0 Å². The van der Waals surface area contributed by atoms with E-state index in [2.05, 4.69) is 15.0 Å². The van der Waals surface area contributed by atoms with Gasteiger partial charge in [0.05, 0.1) is 0 Å². The summed E-state index contributed by atoms with van der Waals surface area (Å²) >= 11 is 0. The monoisotopic (exact) mass is 50.0 g/mol. The first-order chi connectivity index (χ1) is 1.91. The normalized spacial score (nSPS) is 4.50. The molecule has 0 bridgehead atoms. The molecule has 0 aromatic carbocycles. The van der Waals surface area contributed by atoms with Gasteiger partial charge in [-0.05, 0) is 0 Å². The Morgan fingerprint density at radius 2 is 1.25 bits per heavy atom. The van der Waals surface area contributed by atoms with Gasteiger partial charge in [0.2, 0.25) is 0 Å². The quantitative estimate of drug-likeness (QED) is 0.314. The maximum absolute atomic E-state index is 3.36. The molecule has 0 aliphatic heterocycles. The van der Waals surface area contributed by atoms with E-state index in [9.17, 15) is 0 Å². The summed E-state index contributed by atoms with van der Waals surface area (Å²) in [6.07, 6.45) is 0. The van der Waals surface area contributed by atoms with Crippen molar-refractivity contribution in [1.29, 1.82) is 0 Å². The van der Waals surface area contributed by atoms with Crippen molar-refractivity contribution >= 4 is 26.9 Å². The molecule has 0 atom stereocenters. The summed E-state index contributed by atoms with van der Waals surface area (Å²) in [5.74, 6) is 3.28. The second-order valence-corrected chi connectivity index (χ2v) is 0.471. The molecule has 0 aromatic rings. The van der Waals surface area contributed by atoms with Crippen LogP contribution in [-0.4, -0.2) is 26.9 Å². The van der Waals surface area contributed by atoms with Crippen molar-refractivity contribution in [3.05, 3.63) is 0 Å². The number of rotatable bonds is 1. The molecule has 0 N–H and O–H groups in total. The molecule has 0 rings (SSSR count). The first-order valence-corrected chi connectivity index (χ1v) is 1.15. The van der Waals surface area contributed by atoms with Crippen LogP contribution in [0.4, 0.5) is 0 Å². The molecule has 18 valence electrons. The van der Waals surface area contributed by atoms with Crippen molar-refractivity contribution in [2.45, 2.75) is 0 Å². The van der Waals surface area contributed by atoms with Gasteiger partial charge in [0.1, 0.15) is 0 Å². The third-order valence-electron chi connectivity index (χ3n) is 0.167.